The number of rotatable bonds is 3. The zero-order valence-corrected chi connectivity index (χ0v) is 10.5. The first-order chi connectivity index (χ1) is 7.70. The molecule has 0 aliphatic heterocycles. The van der Waals surface area contributed by atoms with Crippen molar-refractivity contribution < 1.29 is 9.15 Å². The number of ether oxygens (including phenoxy) is 1. The molecule has 0 radical (unpaired) electrons. The van der Waals surface area contributed by atoms with Crippen LogP contribution in [0.1, 0.15) is 12.8 Å². The van der Waals surface area contributed by atoms with Gasteiger partial charge < -0.3 is 9.15 Å². The number of aryl methyl sites for hydroxylation is 1. The maximum atomic E-state index is 5.36. The predicted octanol–water partition coefficient (Wildman–Crippen LogP) is 2.60. The Morgan fingerprint density at radius 2 is 2.19 bits per heavy atom. The second kappa shape index (κ2) is 4.61. The number of nitrogens with zero attached hydrogens (tertiary/aromatic N) is 3. The van der Waals surface area contributed by atoms with Gasteiger partial charge in [-0.05, 0) is 35.0 Å². The highest BCUT2D eigenvalue weighted by molar-refractivity contribution is 9.10. The van der Waals surface area contributed by atoms with E-state index in [4.69, 9.17) is 9.15 Å². The summed E-state index contributed by atoms with van der Waals surface area (Å²) in [4.78, 5) is 4.28. The summed E-state index contributed by atoms with van der Waals surface area (Å²) in [7, 11) is 0. The third kappa shape index (κ3) is 2.21. The van der Waals surface area contributed by atoms with Crippen LogP contribution in [0, 0.1) is 6.92 Å². The van der Waals surface area contributed by atoms with Crippen molar-refractivity contribution in [2.45, 2.75) is 13.8 Å². The fourth-order valence-corrected chi connectivity index (χ4v) is 1.52. The SMILES string of the molecule is CCOc1nc(-c2nnc(C)o2)ccc1Br. The zero-order chi connectivity index (χ0) is 11.5. The highest BCUT2D eigenvalue weighted by Gasteiger charge is 2.10. The van der Waals surface area contributed by atoms with Crippen LogP contribution in [-0.4, -0.2) is 21.8 Å². The molecule has 2 rings (SSSR count). The molecule has 6 heteroatoms. The van der Waals surface area contributed by atoms with Gasteiger partial charge in [-0.2, -0.15) is 0 Å². The van der Waals surface area contributed by atoms with Crippen molar-refractivity contribution in [2.24, 2.45) is 0 Å². The Bertz CT molecular complexity index is 499. The Morgan fingerprint density at radius 3 is 2.81 bits per heavy atom. The minimum absolute atomic E-state index is 0.394. The number of hydrogen-bond acceptors (Lipinski definition) is 5. The molecule has 84 valence electrons. The van der Waals surface area contributed by atoms with Crippen LogP contribution < -0.4 is 4.74 Å². The Kier molecular flexibility index (Phi) is 3.19. The zero-order valence-electron chi connectivity index (χ0n) is 8.90. The standard InChI is InChI=1S/C10H10BrN3O2/c1-3-15-9-7(11)4-5-8(12-9)10-14-13-6(2)16-10/h4-5H,3H2,1-2H3. The van der Waals surface area contributed by atoms with Gasteiger partial charge in [0.15, 0.2) is 0 Å². The van der Waals surface area contributed by atoms with E-state index in [0.717, 1.165) is 4.47 Å². The molecule has 0 N–H and O–H groups in total. The van der Waals surface area contributed by atoms with Gasteiger partial charge in [-0.1, -0.05) is 0 Å². The first-order valence-corrected chi connectivity index (χ1v) is 5.60. The van der Waals surface area contributed by atoms with Gasteiger partial charge in [0, 0.05) is 6.92 Å². The molecule has 0 atom stereocenters. The van der Waals surface area contributed by atoms with Crippen molar-refractivity contribution >= 4 is 15.9 Å². The topological polar surface area (TPSA) is 61.0 Å². The van der Waals surface area contributed by atoms with E-state index in [9.17, 15) is 0 Å². The van der Waals surface area contributed by atoms with Gasteiger partial charge in [0.1, 0.15) is 5.69 Å². The minimum Gasteiger partial charge on any atom is -0.477 e. The summed E-state index contributed by atoms with van der Waals surface area (Å²) in [6, 6.07) is 3.63. The molecule has 0 aliphatic rings. The minimum atomic E-state index is 0.394. The van der Waals surface area contributed by atoms with Crippen molar-refractivity contribution in [2.75, 3.05) is 6.61 Å². The second-order valence-corrected chi connectivity index (χ2v) is 3.90. The maximum absolute atomic E-state index is 5.36. The van der Waals surface area contributed by atoms with Crippen molar-refractivity contribution in [1.82, 2.24) is 15.2 Å². The summed E-state index contributed by atoms with van der Waals surface area (Å²) in [5.41, 5.74) is 0.604. The van der Waals surface area contributed by atoms with Gasteiger partial charge in [0.25, 0.3) is 5.89 Å². The van der Waals surface area contributed by atoms with Crippen molar-refractivity contribution in [3.63, 3.8) is 0 Å². The molecule has 0 aromatic carbocycles. The third-order valence-electron chi connectivity index (χ3n) is 1.84. The van der Waals surface area contributed by atoms with Gasteiger partial charge in [0.2, 0.25) is 11.8 Å². The highest BCUT2D eigenvalue weighted by Crippen LogP contribution is 2.26. The van der Waals surface area contributed by atoms with E-state index >= 15 is 0 Å². The monoisotopic (exact) mass is 283 g/mol. The van der Waals surface area contributed by atoms with Gasteiger partial charge >= 0.3 is 0 Å². The molecule has 0 fully saturated rings. The van der Waals surface area contributed by atoms with Crippen LogP contribution >= 0.6 is 15.9 Å². The first-order valence-electron chi connectivity index (χ1n) is 4.80. The summed E-state index contributed by atoms with van der Waals surface area (Å²) < 4.78 is 11.4. The van der Waals surface area contributed by atoms with E-state index in [1.807, 2.05) is 13.0 Å². The van der Waals surface area contributed by atoms with E-state index < -0.39 is 0 Å². The average molecular weight is 284 g/mol. The molecule has 0 saturated carbocycles. The smallest absolute Gasteiger partial charge is 0.266 e. The summed E-state index contributed by atoms with van der Waals surface area (Å²) in [6.07, 6.45) is 0. The predicted molar refractivity (Wildman–Crippen MR) is 61.1 cm³/mol. The van der Waals surface area contributed by atoms with E-state index in [2.05, 4.69) is 31.1 Å². The van der Waals surface area contributed by atoms with Crippen LogP contribution in [-0.2, 0) is 0 Å². The molecular formula is C10H10BrN3O2. The van der Waals surface area contributed by atoms with Crippen LogP contribution in [0.3, 0.4) is 0 Å². The second-order valence-electron chi connectivity index (χ2n) is 3.04. The molecular weight excluding hydrogens is 274 g/mol. The van der Waals surface area contributed by atoms with Crippen LogP contribution in [0.15, 0.2) is 21.0 Å². The summed E-state index contributed by atoms with van der Waals surface area (Å²) in [6.45, 7) is 4.19. The van der Waals surface area contributed by atoms with Gasteiger partial charge in [0.05, 0.1) is 11.1 Å². The Balaban J connectivity index is 2.39. The lowest BCUT2D eigenvalue weighted by Gasteiger charge is -2.04. The van der Waals surface area contributed by atoms with E-state index in [-0.39, 0.29) is 0 Å². The van der Waals surface area contributed by atoms with E-state index in [1.165, 1.54) is 0 Å². The summed E-state index contributed by atoms with van der Waals surface area (Å²) >= 11 is 3.36. The Hall–Kier alpha value is -1.43. The quantitative estimate of drug-likeness (QED) is 0.867. The first kappa shape index (κ1) is 11.1. The number of halogens is 1. The van der Waals surface area contributed by atoms with Crippen LogP contribution in [0.5, 0.6) is 5.88 Å². The molecule has 16 heavy (non-hydrogen) atoms. The van der Waals surface area contributed by atoms with E-state index in [1.54, 1.807) is 13.0 Å². The summed E-state index contributed by atoms with van der Waals surface area (Å²) in [5.74, 6) is 1.43. The molecule has 0 unspecified atom stereocenters. The number of hydrogen-bond donors (Lipinski definition) is 0. The molecule has 0 amide bonds. The average Bonchev–Trinajstić information content (AvgIpc) is 2.69. The van der Waals surface area contributed by atoms with Crippen LogP contribution in [0.25, 0.3) is 11.6 Å². The van der Waals surface area contributed by atoms with Gasteiger partial charge in [-0.25, -0.2) is 4.98 Å². The lowest BCUT2D eigenvalue weighted by molar-refractivity contribution is 0.324. The van der Waals surface area contributed by atoms with Crippen molar-refractivity contribution in [3.05, 3.63) is 22.5 Å². The molecule has 2 aromatic rings. The molecule has 0 saturated heterocycles. The van der Waals surface area contributed by atoms with Crippen LogP contribution in [0.4, 0.5) is 0 Å². The van der Waals surface area contributed by atoms with Crippen LogP contribution in [0.2, 0.25) is 0 Å². The third-order valence-corrected chi connectivity index (χ3v) is 2.44. The maximum Gasteiger partial charge on any atom is 0.266 e. The number of pyridine rings is 1. The van der Waals surface area contributed by atoms with Gasteiger partial charge in [-0.15, -0.1) is 10.2 Å². The Morgan fingerprint density at radius 1 is 1.38 bits per heavy atom. The molecule has 0 spiro atoms. The largest absolute Gasteiger partial charge is 0.477 e. The fraction of sp³-hybridized carbons (Fsp3) is 0.300. The normalized spacial score (nSPS) is 10.4. The number of aromatic nitrogens is 3. The fourth-order valence-electron chi connectivity index (χ4n) is 1.18. The molecule has 5 nitrogen and oxygen atoms in total. The summed E-state index contributed by atoms with van der Waals surface area (Å²) in [5, 5.41) is 7.65. The lowest BCUT2D eigenvalue weighted by atomic mass is 10.3. The Labute approximate surface area is 101 Å². The molecule has 0 bridgehead atoms. The lowest BCUT2D eigenvalue weighted by Crippen LogP contribution is -1.96. The molecule has 2 heterocycles. The van der Waals surface area contributed by atoms with E-state index in [0.29, 0.717) is 30.0 Å². The van der Waals surface area contributed by atoms with Gasteiger partial charge in [-0.3, -0.25) is 0 Å². The molecule has 0 aliphatic carbocycles. The highest BCUT2D eigenvalue weighted by atomic mass is 79.9. The van der Waals surface area contributed by atoms with Crippen molar-refractivity contribution in [1.29, 1.82) is 0 Å². The van der Waals surface area contributed by atoms with Crippen molar-refractivity contribution in [3.8, 4) is 17.5 Å². The molecule has 2 aromatic heterocycles.